The number of carbonyl (C=O) groups excluding carboxylic acids is 3. The van der Waals surface area contributed by atoms with Crippen molar-refractivity contribution in [3.05, 3.63) is 28.1 Å². The molecular weight excluding hydrogens is 747 g/mol. The number of aromatic nitrogens is 2. The Bertz CT molecular complexity index is 1590. The van der Waals surface area contributed by atoms with Crippen LogP contribution in [0.1, 0.15) is 63.9 Å². The summed E-state index contributed by atoms with van der Waals surface area (Å²) in [5.74, 6) is -3.79. The van der Waals surface area contributed by atoms with Crippen molar-refractivity contribution in [2.24, 2.45) is 0 Å². The number of alkyl halides is 3. The molecule has 1 aliphatic rings. The van der Waals surface area contributed by atoms with Gasteiger partial charge >= 0.3 is 30.2 Å². The molecule has 0 radical (unpaired) electrons. The second-order valence-electron chi connectivity index (χ2n) is 14.2. The third-order valence-electron chi connectivity index (χ3n) is 7.68. The SMILES string of the molecule is COC(=O)Nc1cc(C)c2c(c1)N(C(=O)C(F)(F)F)[C@@H](C(=O)O)CCCC[C@H](NC(=O)OC(C)(C)C)c1nc-2c(Br)n1COCC[Si](C)(C)C. The molecule has 2 heterocycles. The highest BCUT2D eigenvalue weighted by Gasteiger charge is 2.48. The number of methoxy groups -OCH3 is 1. The Morgan fingerprint density at radius 1 is 1.08 bits per heavy atom. The van der Waals surface area contributed by atoms with Gasteiger partial charge in [0.2, 0.25) is 0 Å². The Morgan fingerprint density at radius 2 is 1.72 bits per heavy atom. The van der Waals surface area contributed by atoms with Crippen LogP contribution in [0, 0.1) is 6.92 Å². The first-order chi connectivity index (χ1) is 23.0. The quantitative estimate of drug-likeness (QED) is 0.181. The van der Waals surface area contributed by atoms with Crippen LogP contribution in [0.4, 0.5) is 34.1 Å². The van der Waals surface area contributed by atoms with Crippen LogP contribution in [0.5, 0.6) is 0 Å². The van der Waals surface area contributed by atoms with Crippen molar-refractivity contribution in [1.82, 2.24) is 14.9 Å². The van der Waals surface area contributed by atoms with E-state index in [4.69, 9.17) is 14.5 Å². The predicted molar refractivity (Wildman–Crippen MR) is 186 cm³/mol. The van der Waals surface area contributed by atoms with Crippen molar-refractivity contribution in [2.45, 2.75) is 110 Å². The van der Waals surface area contributed by atoms with Crippen LogP contribution >= 0.6 is 15.9 Å². The van der Waals surface area contributed by atoms with Crippen LogP contribution in [-0.4, -0.2) is 78.3 Å². The summed E-state index contributed by atoms with van der Waals surface area (Å²) < 4.78 is 60.9. The Morgan fingerprint density at radius 3 is 2.28 bits per heavy atom. The molecule has 0 saturated heterocycles. The molecule has 13 nitrogen and oxygen atoms in total. The molecule has 0 saturated carbocycles. The topological polar surface area (TPSA) is 161 Å². The van der Waals surface area contributed by atoms with E-state index in [1.807, 2.05) is 0 Å². The standard InChI is InChI=1S/C32H45BrF3N5O8Si/c1-18-15-19(37-29(45)47-5)16-22-23(18)24-25(33)40(17-48-13-14-50(6,7)8)26(39-24)20(38-30(46)49-31(2,3)4)11-9-10-12-21(27(42)43)41(22)28(44)32(34,35)36/h15-16,20-21H,9-14,17H2,1-8H3,(H,37,45)(H,38,46)(H,42,43)/t20-,21+/m0/s1. The van der Waals surface area contributed by atoms with E-state index in [-0.39, 0.29) is 70.2 Å². The lowest BCUT2D eigenvalue weighted by Gasteiger charge is -2.32. The molecule has 3 amide bonds. The summed E-state index contributed by atoms with van der Waals surface area (Å²) in [6.07, 6.45) is -7.02. The van der Waals surface area contributed by atoms with Crippen LogP contribution in [0.2, 0.25) is 25.7 Å². The average Bonchev–Trinajstić information content (AvgIpc) is 3.28. The van der Waals surface area contributed by atoms with E-state index in [9.17, 15) is 37.5 Å². The van der Waals surface area contributed by atoms with Gasteiger partial charge in [0.25, 0.3) is 0 Å². The number of hydrogen-bond donors (Lipinski definition) is 3. The van der Waals surface area contributed by atoms with Crippen LogP contribution in [0.25, 0.3) is 11.3 Å². The predicted octanol–water partition coefficient (Wildman–Crippen LogP) is 7.60. The number of nitrogens with one attached hydrogen (secondary N) is 2. The monoisotopic (exact) mass is 791 g/mol. The van der Waals surface area contributed by atoms with Crippen LogP contribution < -0.4 is 15.5 Å². The van der Waals surface area contributed by atoms with E-state index in [1.54, 1.807) is 25.3 Å². The van der Waals surface area contributed by atoms with Gasteiger partial charge in [0.05, 0.1) is 18.8 Å². The molecule has 50 heavy (non-hydrogen) atoms. The number of rotatable bonds is 8. The van der Waals surface area contributed by atoms with Gasteiger partial charge in [-0.25, -0.2) is 19.4 Å². The number of carboxylic acid groups (broad SMARTS) is 1. The summed E-state index contributed by atoms with van der Waals surface area (Å²) in [6, 6.07) is 0.591. The van der Waals surface area contributed by atoms with E-state index in [0.29, 0.717) is 6.61 Å². The lowest BCUT2D eigenvalue weighted by molar-refractivity contribution is -0.171. The Labute approximate surface area is 298 Å². The number of aryl methyl sites for hydroxylation is 1. The highest BCUT2D eigenvalue weighted by molar-refractivity contribution is 9.10. The second-order valence-corrected chi connectivity index (χ2v) is 20.6. The lowest BCUT2D eigenvalue weighted by atomic mass is 9.97. The number of amides is 3. The molecule has 18 heteroatoms. The van der Waals surface area contributed by atoms with Gasteiger partial charge in [-0.1, -0.05) is 32.5 Å². The Kier molecular flexibility index (Phi) is 13.2. The van der Waals surface area contributed by atoms with E-state index >= 15 is 0 Å². The highest BCUT2D eigenvalue weighted by atomic mass is 79.9. The first-order valence-corrected chi connectivity index (χ1v) is 20.5. The minimum Gasteiger partial charge on any atom is -0.480 e. The van der Waals surface area contributed by atoms with Gasteiger partial charge in [0.1, 0.15) is 34.5 Å². The first-order valence-electron chi connectivity index (χ1n) is 16.0. The molecule has 0 fully saturated rings. The number of alkyl carbamates (subject to hydrolysis) is 1. The number of benzene rings is 1. The van der Waals surface area contributed by atoms with Crippen molar-refractivity contribution in [2.75, 3.05) is 23.9 Å². The average molecular weight is 793 g/mol. The molecule has 1 aromatic heterocycles. The summed E-state index contributed by atoms with van der Waals surface area (Å²) in [6.45, 7) is 13.6. The molecule has 1 aromatic carbocycles. The number of hydrogen-bond acceptors (Lipinski definition) is 8. The van der Waals surface area contributed by atoms with Crippen molar-refractivity contribution in [3.8, 4) is 11.3 Å². The molecule has 0 unspecified atom stereocenters. The lowest BCUT2D eigenvalue weighted by Crippen LogP contribution is -2.51. The van der Waals surface area contributed by atoms with E-state index in [1.165, 1.54) is 13.0 Å². The van der Waals surface area contributed by atoms with Gasteiger partial charge in [0.15, 0.2) is 0 Å². The molecule has 2 atom stereocenters. The molecule has 0 spiro atoms. The van der Waals surface area contributed by atoms with E-state index in [0.717, 1.165) is 19.2 Å². The third kappa shape index (κ3) is 10.7. The van der Waals surface area contributed by atoms with Crippen molar-refractivity contribution >= 4 is 59.4 Å². The van der Waals surface area contributed by atoms with Gasteiger partial charge in [-0.15, -0.1) is 0 Å². The van der Waals surface area contributed by atoms with Gasteiger partial charge in [-0.05, 0) is 80.2 Å². The van der Waals surface area contributed by atoms with Crippen molar-refractivity contribution in [1.29, 1.82) is 0 Å². The maximum atomic E-state index is 14.3. The maximum Gasteiger partial charge on any atom is 0.471 e. The molecule has 3 rings (SSSR count). The smallest absolute Gasteiger partial charge is 0.471 e. The fourth-order valence-electron chi connectivity index (χ4n) is 5.36. The molecule has 3 N–H and O–H groups in total. The van der Waals surface area contributed by atoms with Gasteiger partial charge in [0, 0.05) is 25.9 Å². The van der Waals surface area contributed by atoms with Crippen LogP contribution in [-0.2, 0) is 30.5 Å². The number of carboxylic acids is 1. The highest BCUT2D eigenvalue weighted by Crippen LogP contribution is 2.44. The third-order valence-corrected chi connectivity index (χ3v) is 10.2. The minimum atomic E-state index is -5.46. The number of aliphatic carboxylic acids is 1. The van der Waals surface area contributed by atoms with Crippen LogP contribution in [0.3, 0.4) is 0 Å². The number of nitrogens with zero attached hydrogens (tertiary/aromatic N) is 3. The number of ether oxygens (including phenoxy) is 3. The summed E-state index contributed by atoms with van der Waals surface area (Å²) in [5, 5.41) is 15.5. The van der Waals surface area contributed by atoms with Gasteiger partial charge < -0.3 is 24.6 Å². The normalized spacial score (nSPS) is 17.2. The van der Waals surface area contributed by atoms with Gasteiger partial charge in [-0.2, -0.15) is 13.2 Å². The summed E-state index contributed by atoms with van der Waals surface area (Å²) >= 11 is 3.56. The van der Waals surface area contributed by atoms with Crippen LogP contribution in [0.15, 0.2) is 16.7 Å². The minimum absolute atomic E-state index is 0.0187. The second kappa shape index (κ2) is 16.1. The number of carbonyl (C=O) groups is 4. The number of anilines is 2. The summed E-state index contributed by atoms with van der Waals surface area (Å²) in [4.78, 5) is 56.1. The Balaban J connectivity index is 2.40. The first kappa shape index (κ1) is 40.8. The number of fused-ring (bicyclic) bond motifs is 4. The largest absolute Gasteiger partial charge is 0.480 e. The zero-order valence-corrected chi connectivity index (χ0v) is 32.0. The molecule has 2 aromatic rings. The van der Waals surface area contributed by atoms with Crippen molar-refractivity contribution in [3.63, 3.8) is 0 Å². The number of halogens is 4. The fraction of sp³-hybridized carbons (Fsp3) is 0.594. The summed E-state index contributed by atoms with van der Waals surface area (Å²) in [5.41, 5.74) is -1.07. The fourth-order valence-corrected chi connectivity index (χ4v) is 6.69. The zero-order valence-electron chi connectivity index (χ0n) is 29.4. The maximum absolute atomic E-state index is 14.3. The molecule has 0 aliphatic carbocycles. The molecular formula is C32H45BrF3N5O8Si. The number of imidazole rings is 1. The van der Waals surface area contributed by atoms with Gasteiger partial charge in [-0.3, -0.25) is 19.6 Å². The molecule has 2 bridgehead atoms. The van der Waals surface area contributed by atoms with E-state index < -0.39 is 61.7 Å². The Hall–Kier alpha value is -3.64. The molecule has 278 valence electrons. The van der Waals surface area contributed by atoms with E-state index in [2.05, 4.69) is 50.9 Å². The summed E-state index contributed by atoms with van der Waals surface area (Å²) in [7, 11) is -0.396. The molecule has 1 aliphatic heterocycles. The zero-order chi connectivity index (χ0) is 37.8. The van der Waals surface area contributed by atoms with Crippen molar-refractivity contribution < 1.29 is 51.7 Å².